The van der Waals surface area contributed by atoms with Crippen LogP contribution in [0.5, 0.6) is 0 Å². The molecule has 0 amide bonds. The maximum Gasteiger partial charge on any atom is 0.0273 e. The maximum absolute atomic E-state index is 4.14. The minimum atomic E-state index is 0.693. The minimum absolute atomic E-state index is 0.693. The fraction of sp³-hybridized carbons (Fsp3) is 0.900. The van der Waals surface area contributed by atoms with Crippen molar-refractivity contribution in [2.24, 2.45) is 10.9 Å². The van der Waals surface area contributed by atoms with Gasteiger partial charge in [-0.05, 0) is 26.9 Å². The predicted molar refractivity (Wildman–Crippen MR) is 53.8 cm³/mol. The summed E-state index contributed by atoms with van der Waals surface area (Å²) in [5, 5.41) is 0. The van der Waals surface area contributed by atoms with E-state index in [0.29, 0.717) is 5.92 Å². The lowest BCUT2D eigenvalue weighted by molar-refractivity contribution is 0.197. The Bertz CT molecular complexity index is 152. The van der Waals surface area contributed by atoms with Gasteiger partial charge >= 0.3 is 0 Å². The Labute approximate surface area is 75.7 Å². The Balaban J connectivity index is 2.54. The van der Waals surface area contributed by atoms with Gasteiger partial charge in [0.15, 0.2) is 0 Å². The highest BCUT2D eigenvalue weighted by atomic mass is 15.1. The highest BCUT2D eigenvalue weighted by Crippen LogP contribution is 2.25. The number of nitrogens with zero attached hydrogens (tertiary/aromatic N) is 2. The molecule has 1 fully saturated rings. The Hall–Kier alpha value is -0.370. The van der Waals surface area contributed by atoms with Crippen LogP contribution in [0.15, 0.2) is 4.99 Å². The van der Waals surface area contributed by atoms with Crippen molar-refractivity contribution in [2.75, 3.05) is 21.1 Å². The lowest BCUT2D eigenvalue weighted by Gasteiger charge is -2.33. The summed E-state index contributed by atoms with van der Waals surface area (Å²) in [5.74, 6) is 0.693. The van der Waals surface area contributed by atoms with Gasteiger partial charge in [0.1, 0.15) is 0 Å². The third-order valence-electron chi connectivity index (χ3n) is 2.79. The lowest BCUT2D eigenvalue weighted by atomic mass is 9.85. The predicted octanol–water partition coefficient (Wildman–Crippen LogP) is 1.81. The first kappa shape index (κ1) is 9.72. The molecule has 0 aromatic carbocycles. The normalized spacial score (nSPS) is 31.7. The maximum atomic E-state index is 4.14. The molecule has 2 atom stereocenters. The van der Waals surface area contributed by atoms with Gasteiger partial charge in [-0.3, -0.25) is 0 Å². The molecule has 0 N–H and O–H groups in total. The summed E-state index contributed by atoms with van der Waals surface area (Å²) in [6, 6.07) is 0.724. The third kappa shape index (κ3) is 2.31. The topological polar surface area (TPSA) is 15.6 Å². The van der Waals surface area contributed by atoms with Crippen LogP contribution in [-0.4, -0.2) is 38.3 Å². The van der Waals surface area contributed by atoms with E-state index in [9.17, 15) is 0 Å². The number of rotatable bonds is 2. The minimum Gasteiger partial charge on any atom is -0.306 e. The van der Waals surface area contributed by atoms with E-state index in [2.05, 4.69) is 30.2 Å². The Morgan fingerprint density at radius 2 is 1.92 bits per heavy atom. The van der Waals surface area contributed by atoms with Crippen molar-refractivity contribution >= 4 is 6.21 Å². The van der Waals surface area contributed by atoms with E-state index in [1.54, 1.807) is 0 Å². The summed E-state index contributed by atoms with van der Waals surface area (Å²) < 4.78 is 0. The zero-order valence-electron chi connectivity index (χ0n) is 8.45. The molecule has 0 radical (unpaired) electrons. The van der Waals surface area contributed by atoms with Crippen molar-refractivity contribution in [3.63, 3.8) is 0 Å². The van der Waals surface area contributed by atoms with Crippen LogP contribution in [0, 0.1) is 5.92 Å². The van der Waals surface area contributed by atoms with Gasteiger partial charge in [-0.1, -0.05) is 12.8 Å². The van der Waals surface area contributed by atoms with Crippen molar-refractivity contribution in [1.29, 1.82) is 0 Å². The molecule has 0 unspecified atom stereocenters. The summed E-state index contributed by atoms with van der Waals surface area (Å²) in [7, 11) is 6.22. The number of hydrogen-bond donors (Lipinski definition) is 0. The molecule has 0 aromatic rings. The van der Waals surface area contributed by atoms with Gasteiger partial charge in [0.2, 0.25) is 0 Å². The van der Waals surface area contributed by atoms with Gasteiger partial charge in [-0.2, -0.15) is 0 Å². The van der Waals surface area contributed by atoms with Crippen molar-refractivity contribution in [2.45, 2.75) is 31.7 Å². The molecule has 0 heterocycles. The second-order valence-corrected chi connectivity index (χ2v) is 3.89. The van der Waals surface area contributed by atoms with Crippen LogP contribution in [0.1, 0.15) is 25.7 Å². The average Bonchev–Trinajstić information content (AvgIpc) is 2.05. The Kier molecular flexibility index (Phi) is 3.73. The lowest BCUT2D eigenvalue weighted by Crippen LogP contribution is -2.38. The molecule has 0 aliphatic heterocycles. The summed E-state index contributed by atoms with van der Waals surface area (Å²) in [6.45, 7) is 0. The third-order valence-corrected chi connectivity index (χ3v) is 2.79. The Morgan fingerprint density at radius 1 is 1.25 bits per heavy atom. The Morgan fingerprint density at radius 3 is 2.50 bits per heavy atom. The molecule has 0 aromatic heterocycles. The molecule has 2 nitrogen and oxygen atoms in total. The van der Waals surface area contributed by atoms with E-state index in [1.807, 2.05) is 7.05 Å². The molecule has 1 aliphatic carbocycles. The fourth-order valence-corrected chi connectivity index (χ4v) is 2.15. The van der Waals surface area contributed by atoms with E-state index in [-0.39, 0.29) is 0 Å². The van der Waals surface area contributed by atoms with E-state index in [0.717, 1.165) is 6.04 Å². The van der Waals surface area contributed by atoms with Gasteiger partial charge in [-0.15, -0.1) is 0 Å². The fourth-order valence-electron chi connectivity index (χ4n) is 2.15. The van der Waals surface area contributed by atoms with E-state index < -0.39 is 0 Å². The van der Waals surface area contributed by atoms with Gasteiger partial charge in [0, 0.05) is 25.2 Å². The molecule has 70 valence electrons. The number of hydrogen-bond acceptors (Lipinski definition) is 2. The molecule has 2 heteroatoms. The molecular weight excluding hydrogens is 148 g/mol. The summed E-state index contributed by atoms with van der Waals surface area (Å²) in [4.78, 5) is 6.48. The molecule has 1 rings (SSSR count). The van der Waals surface area contributed by atoms with Gasteiger partial charge in [0.05, 0.1) is 0 Å². The van der Waals surface area contributed by atoms with Crippen LogP contribution >= 0.6 is 0 Å². The van der Waals surface area contributed by atoms with Gasteiger partial charge in [0.25, 0.3) is 0 Å². The molecule has 0 saturated heterocycles. The highest BCUT2D eigenvalue weighted by molar-refractivity contribution is 5.61. The second-order valence-electron chi connectivity index (χ2n) is 3.89. The highest BCUT2D eigenvalue weighted by Gasteiger charge is 2.24. The summed E-state index contributed by atoms with van der Waals surface area (Å²) in [5.41, 5.74) is 0. The van der Waals surface area contributed by atoms with Crippen LogP contribution in [0.3, 0.4) is 0 Å². The van der Waals surface area contributed by atoms with Crippen LogP contribution < -0.4 is 0 Å². The molecule has 1 saturated carbocycles. The van der Waals surface area contributed by atoms with Crippen LogP contribution in [0.2, 0.25) is 0 Å². The quantitative estimate of drug-likeness (QED) is 0.574. The van der Waals surface area contributed by atoms with Crippen LogP contribution in [0.4, 0.5) is 0 Å². The molecule has 0 spiro atoms. The van der Waals surface area contributed by atoms with Crippen molar-refractivity contribution in [3.8, 4) is 0 Å². The molecule has 0 bridgehead atoms. The van der Waals surface area contributed by atoms with Crippen LogP contribution in [0.25, 0.3) is 0 Å². The van der Waals surface area contributed by atoms with Crippen LogP contribution in [-0.2, 0) is 0 Å². The first-order valence-corrected chi connectivity index (χ1v) is 4.84. The summed E-state index contributed by atoms with van der Waals surface area (Å²) >= 11 is 0. The van der Waals surface area contributed by atoms with Gasteiger partial charge in [-0.25, -0.2) is 0 Å². The zero-order valence-corrected chi connectivity index (χ0v) is 8.45. The van der Waals surface area contributed by atoms with Crippen molar-refractivity contribution in [1.82, 2.24) is 4.90 Å². The van der Waals surface area contributed by atoms with Gasteiger partial charge < -0.3 is 9.89 Å². The second kappa shape index (κ2) is 4.61. The van der Waals surface area contributed by atoms with Crippen molar-refractivity contribution < 1.29 is 0 Å². The van der Waals surface area contributed by atoms with Crippen molar-refractivity contribution in [3.05, 3.63) is 0 Å². The summed E-state index contributed by atoms with van der Waals surface area (Å²) in [6.07, 6.45) is 7.55. The average molecular weight is 168 g/mol. The van der Waals surface area contributed by atoms with E-state index in [4.69, 9.17) is 0 Å². The first-order chi connectivity index (χ1) is 5.75. The standard InChI is InChI=1S/C10H20N2/c1-11-8-9-6-4-5-7-10(9)12(2)3/h8-10H,4-7H2,1-3H3/b11-8+/t9-,10+/m0/s1. The van der Waals surface area contributed by atoms with E-state index in [1.165, 1.54) is 25.7 Å². The smallest absolute Gasteiger partial charge is 0.0273 e. The molecule has 1 aliphatic rings. The zero-order chi connectivity index (χ0) is 8.97. The molecule has 12 heavy (non-hydrogen) atoms. The monoisotopic (exact) mass is 168 g/mol. The SMILES string of the molecule is C/N=C/[C@@H]1CCCC[C@H]1N(C)C. The molecular formula is C10H20N2. The van der Waals surface area contributed by atoms with E-state index >= 15 is 0 Å². The first-order valence-electron chi connectivity index (χ1n) is 4.84. The number of aliphatic imine (C=N–C) groups is 1. The largest absolute Gasteiger partial charge is 0.306 e.